The predicted octanol–water partition coefficient (Wildman–Crippen LogP) is 2.80. The van der Waals surface area contributed by atoms with Crippen LogP contribution in [0.2, 0.25) is 0 Å². The van der Waals surface area contributed by atoms with Crippen LogP contribution in [0.15, 0.2) is 36.5 Å². The smallest absolute Gasteiger partial charge is 0.0705 e. The summed E-state index contributed by atoms with van der Waals surface area (Å²) in [5.41, 5.74) is 8.20. The average molecular weight is 269 g/mol. The van der Waals surface area contributed by atoms with E-state index in [9.17, 15) is 0 Å². The van der Waals surface area contributed by atoms with Crippen molar-refractivity contribution in [2.45, 2.75) is 25.8 Å². The number of likely N-dealkylation sites (tertiary alicyclic amines) is 1. The molecule has 1 aromatic carbocycles. The van der Waals surface area contributed by atoms with Gasteiger partial charge >= 0.3 is 0 Å². The third-order valence-corrected chi connectivity index (χ3v) is 4.31. The number of nitrogens with zero attached hydrogens (tertiary/aromatic N) is 2. The number of nitrogens with two attached hydrogens (primary N) is 1. The Morgan fingerprint density at radius 2 is 2.15 bits per heavy atom. The first-order chi connectivity index (χ1) is 9.86. The van der Waals surface area contributed by atoms with Crippen LogP contribution in [-0.4, -0.2) is 29.5 Å². The van der Waals surface area contributed by atoms with Gasteiger partial charge in [-0.3, -0.25) is 9.88 Å². The highest BCUT2D eigenvalue weighted by Gasteiger charge is 2.19. The van der Waals surface area contributed by atoms with E-state index in [4.69, 9.17) is 5.73 Å². The molecule has 0 saturated carbocycles. The number of hydrogen-bond donors (Lipinski definition) is 1. The summed E-state index contributed by atoms with van der Waals surface area (Å²) in [5, 5.41) is 1.29. The normalized spacial score (nSPS) is 20.4. The van der Waals surface area contributed by atoms with Crippen LogP contribution in [0.1, 0.15) is 24.8 Å². The molecule has 0 bridgehead atoms. The monoisotopic (exact) mass is 269 g/mol. The lowest BCUT2D eigenvalue weighted by Gasteiger charge is -2.32. The maximum Gasteiger partial charge on any atom is 0.0705 e. The van der Waals surface area contributed by atoms with E-state index in [2.05, 4.69) is 40.2 Å². The van der Waals surface area contributed by atoms with E-state index >= 15 is 0 Å². The molecule has 1 aliphatic rings. The Morgan fingerprint density at radius 1 is 1.25 bits per heavy atom. The summed E-state index contributed by atoms with van der Waals surface area (Å²) >= 11 is 0. The van der Waals surface area contributed by atoms with Crippen LogP contribution in [0.3, 0.4) is 0 Å². The van der Waals surface area contributed by atoms with Crippen molar-refractivity contribution < 1.29 is 0 Å². The molecule has 1 aliphatic heterocycles. The minimum absolute atomic E-state index is 0.779. The van der Waals surface area contributed by atoms with Crippen molar-refractivity contribution in [3.63, 3.8) is 0 Å². The molecule has 3 heteroatoms. The van der Waals surface area contributed by atoms with Gasteiger partial charge in [-0.2, -0.15) is 0 Å². The van der Waals surface area contributed by atoms with Gasteiger partial charge in [0.05, 0.1) is 5.52 Å². The number of rotatable bonds is 4. The van der Waals surface area contributed by atoms with Gasteiger partial charge in [0.2, 0.25) is 0 Å². The minimum Gasteiger partial charge on any atom is -0.330 e. The molecule has 20 heavy (non-hydrogen) atoms. The van der Waals surface area contributed by atoms with Crippen molar-refractivity contribution in [3.8, 4) is 0 Å². The number of piperidine rings is 1. The van der Waals surface area contributed by atoms with E-state index < -0.39 is 0 Å². The molecular weight excluding hydrogens is 246 g/mol. The first kappa shape index (κ1) is 13.5. The van der Waals surface area contributed by atoms with Gasteiger partial charge in [0, 0.05) is 24.7 Å². The van der Waals surface area contributed by atoms with Crippen molar-refractivity contribution in [1.82, 2.24) is 9.88 Å². The van der Waals surface area contributed by atoms with E-state index in [0.29, 0.717) is 0 Å². The van der Waals surface area contributed by atoms with Gasteiger partial charge in [-0.15, -0.1) is 0 Å². The van der Waals surface area contributed by atoms with Gasteiger partial charge in [0.1, 0.15) is 0 Å². The molecule has 2 heterocycles. The lowest BCUT2D eigenvalue weighted by molar-refractivity contribution is 0.163. The molecule has 1 unspecified atom stereocenters. The third kappa shape index (κ3) is 3.00. The number of aromatic nitrogens is 1. The lowest BCUT2D eigenvalue weighted by Crippen LogP contribution is -2.35. The van der Waals surface area contributed by atoms with Crippen molar-refractivity contribution in [2.24, 2.45) is 11.7 Å². The predicted molar refractivity (Wildman–Crippen MR) is 83.4 cm³/mol. The van der Waals surface area contributed by atoms with Crippen LogP contribution in [0.25, 0.3) is 10.9 Å². The first-order valence-corrected chi connectivity index (χ1v) is 7.62. The zero-order valence-electron chi connectivity index (χ0n) is 12.0. The van der Waals surface area contributed by atoms with Crippen molar-refractivity contribution >= 4 is 10.9 Å². The van der Waals surface area contributed by atoms with E-state index in [1.54, 1.807) is 0 Å². The fourth-order valence-corrected chi connectivity index (χ4v) is 3.30. The average Bonchev–Trinajstić information content (AvgIpc) is 2.48. The summed E-state index contributed by atoms with van der Waals surface area (Å²) in [6.07, 6.45) is 5.73. The summed E-state index contributed by atoms with van der Waals surface area (Å²) < 4.78 is 0. The molecule has 0 amide bonds. The van der Waals surface area contributed by atoms with Crippen molar-refractivity contribution in [1.29, 1.82) is 0 Å². The molecule has 0 spiro atoms. The SMILES string of the molecule is NCCC1CCCN(Cc2ccnc3ccccc23)C1. The molecule has 1 atom stereocenters. The van der Waals surface area contributed by atoms with Gasteiger partial charge < -0.3 is 5.73 Å². The quantitative estimate of drug-likeness (QED) is 0.928. The van der Waals surface area contributed by atoms with E-state index in [1.807, 2.05) is 6.20 Å². The van der Waals surface area contributed by atoms with Crippen LogP contribution >= 0.6 is 0 Å². The van der Waals surface area contributed by atoms with Gasteiger partial charge in [0.25, 0.3) is 0 Å². The lowest BCUT2D eigenvalue weighted by atomic mass is 9.94. The highest BCUT2D eigenvalue weighted by Crippen LogP contribution is 2.23. The number of para-hydroxylation sites is 1. The Balaban J connectivity index is 1.76. The highest BCUT2D eigenvalue weighted by molar-refractivity contribution is 5.81. The Morgan fingerprint density at radius 3 is 3.05 bits per heavy atom. The van der Waals surface area contributed by atoms with Crippen LogP contribution in [0.4, 0.5) is 0 Å². The second-order valence-corrected chi connectivity index (χ2v) is 5.81. The fourth-order valence-electron chi connectivity index (χ4n) is 3.30. The summed E-state index contributed by atoms with van der Waals surface area (Å²) in [6.45, 7) is 4.24. The highest BCUT2D eigenvalue weighted by atomic mass is 15.1. The van der Waals surface area contributed by atoms with Crippen LogP contribution in [0.5, 0.6) is 0 Å². The molecule has 3 nitrogen and oxygen atoms in total. The number of fused-ring (bicyclic) bond motifs is 1. The molecule has 2 N–H and O–H groups in total. The van der Waals surface area contributed by atoms with Gasteiger partial charge in [-0.05, 0) is 56.0 Å². The van der Waals surface area contributed by atoms with Gasteiger partial charge in [-0.1, -0.05) is 18.2 Å². The maximum absolute atomic E-state index is 5.70. The summed E-state index contributed by atoms with van der Waals surface area (Å²) in [5.74, 6) is 0.779. The Hall–Kier alpha value is -1.45. The van der Waals surface area contributed by atoms with E-state index in [-0.39, 0.29) is 0 Å². The molecular formula is C17H23N3. The standard InChI is InChI=1S/C17H23N3/c18-9-7-14-4-3-11-20(12-14)13-15-8-10-19-17-6-2-1-5-16(15)17/h1-2,5-6,8,10,14H,3-4,7,9,11-13,18H2. The van der Waals surface area contributed by atoms with Crippen molar-refractivity contribution in [2.75, 3.05) is 19.6 Å². The summed E-state index contributed by atoms with van der Waals surface area (Å²) in [6, 6.07) is 10.6. The summed E-state index contributed by atoms with van der Waals surface area (Å²) in [7, 11) is 0. The first-order valence-electron chi connectivity index (χ1n) is 7.62. The molecule has 3 rings (SSSR count). The van der Waals surface area contributed by atoms with Crippen LogP contribution in [-0.2, 0) is 6.54 Å². The Bertz CT molecular complexity index is 560. The molecule has 0 aliphatic carbocycles. The topological polar surface area (TPSA) is 42.1 Å². The Kier molecular flexibility index (Phi) is 4.28. The molecule has 106 valence electrons. The van der Waals surface area contributed by atoms with E-state index in [0.717, 1.165) is 30.9 Å². The molecule has 1 fully saturated rings. The number of hydrogen-bond acceptors (Lipinski definition) is 3. The van der Waals surface area contributed by atoms with Gasteiger partial charge in [-0.25, -0.2) is 0 Å². The van der Waals surface area contributed by atoms with Crippen LogP contribution in [0, 0.1) is 5.92 Å². The third-order valence-electron chi connectivity index (χ3n) is 4.31. The number of benzene rings is 1. The molecule has 0 radical (unpaired) electrons. The second kappa shape index (κ2) is 6.33. The molecule has 1 aromatic heterocycles. The Labute approximate surface area is 120 Å². The zero-order chi connectivity index (χ0) is 13.8. The van der Waals surface area contributed by atoms with Crippen LogP contribution < -0.4 is 5.73 Å². The summed E-state index contributed by atoms with van der Waals surface area (Å²) in [4.78, 5) is 7.02. The van der Waals surface area contributed by atoms with Gasteiger partial charge in [0.15, 0.2) is 0 Å². The fraction of sp³-hybridized carbons (Fsp3) is 0.471. The minimum atomic E-state index is 0.779. The van der Waals surface area contributed by atoms with E-state index in [1.165, 1.54) is 36.9 Å². The maximum atomic E-state index is 5.70. The largest absolute Gasteiger partial charge is 0.330 e. The van der Waals surface area contributed by atoms with Crippen molar-refractivity contribution in [3.05, 3.63) is 42.1 Å². The molecule has 2 aromatic rings. The second-order valence-electron chi connectivity index (χ2n) is 5.81. The number of pyridine rings is 1. The molecule has 1 saturated heterocycles. The zero-order valence-corrected chi connectivity index (χ0v) is 12.0.